The maximum Gasteiger partial charge on any atom is 0.314 e. The topological polar surface area (TPSA) is 72.6 Å². The number of benzene rings is 1. The second-order valence-electron chi connectivity index (χ2n) is 3.61. The molecule has 5 nitrogen and oxygen atoms in total. The predicted octanol–water partition coefficient (Wildman–Crippen LogP) is 1.92. The minimum atomic E-state index is -0.467. The Hall–Kier alpha value is -1.62. The molecule has 88 valence electrons. The largest absolute Gasteiger partial charge is 0.490 e. The van der Waals surface area contributed by atoms with Gasteiger partial charge in [-0.25, -0.2) is 0 Å². The third-order valence-electron chi connectivity index (χ3n) is 2.32. The number of nitro groups is 1. The van der Waals surface area contributed by atoms with Crippen LogP contribution in [0.25, 0.3) is 0 Å². The Morgan fingerprint density at radius 3 is 2.75 bits per heavy atom. The van der Waals surface area contributed by atoms with Crippen molar-refractivity contribution in [2.75, 3.05) is 7.11 Å². The zero-order valence-corrected chi connectivity index (χ0v) is 9.34. The molecule has 1 aromatic rings. The Morgan fingerprint density at radius 1 is 1.56 bits per heavy atom. The van der Waals surface area contributed by atoms with E-state index in [1.54, 1.807) is 25.1 Å². The smallest absolute Gasteiger partial charge is 0.314 e. The van der Waals surface area contributed by atoms with Crippen LogP contribution in [-0.2, 0) is 6.42 Å². The second kappa shape index (κ2) is 5.46. The van der Waals surface area contributed by atoms with E-state index in [4.69, 9.17) is 9.84 Å². The van der Waals surface area contributed by atoms with Crippen molar-refractivity contribution in [3.8, 4) is 5.75 Å². The van der Waals surface area contributed by atoms with E-state index in [1.807, 2.05) is 0 Å². The van der Waals surface area contributed by atoms with Gasteiger partial charge in [0.25, 0.3) is 0 Å². The highest BCUT2D eigenvalue weighted by Gasteiger charge is 2.19. The van der Waals surface area contributed by atoms with Crippen molar-refractivity contribution >= 4 is 5.69 Å². The third-order valence-corrected chi connectivity index (χ3v) is 2.32. The van der Waals surface area contributed by atoms with E-state index in [1.165, 1.54) is 7.11 Å². The standard InChI is InChI=1S/C11H15NO4/c1-8(13)6-7-9-4-3-5-10(16-2)11(9)12(14)15/h3-5,8,13H,6-7H2,1-2H3. The van der Waals surface area contributed by atoms with Gasteiger partial charge in [-0.2, -0.15) is 0 Å². The Morgan fingerprint density at radius 2 is 2.25 bits per heavy atom. The molecular weight excluding hydrogens is 210 g/mol. The van der Waals surface area contributed by atoms with Gasteiger partial charge < -0.3 is 9.84 Å². The van der Waals surface area contributed by atoms with Gasteiger partial charge in [-0.05, 0) is 25.8 Å². The van der Waals surface area contributed by atoms with Crippen LogP contribution in [0.2, 0.25) is 0 Å². The number of hydrogen-bond acceptors (Lipinski definition) is 4. The van der Waals surface area contributed by atoms with E-state index in [9.17, 15) is 10.1 Å². The summed E-state index contributed by atoms with van der Waals surface area (Å²) in [5.74, 6) is 0.257. The number of aliphatic hydroxyl groups excluding tert-OH is 1. The van der Waals surface area contributed by atoms with Crippen molar-refractivity contribution in [3.63, 3.8) is 0 Å². The first-order chi connectivity index (χ1) is 7.56. The van der Waals surface area contributed by atoms with Crippen LogP contribution in [0.3, 0.4) is 0 Å². The van der Waals surface area contributed by atoms with Gasteiger partial charge in [-0.1, -0.05) is 12.1 Å². The van der Waals surface area contributed by atoms with E-state index in [2.05, 4.69) is 0 Å². The average molecular weight is 225 g/mol. The van der Waals surface area contributed by atoms with Crippen molar-refractivity contribution in [2.45, 2.75) is 25.9 Å². The molecule has 0 bridgehead atoms. The Bertz CT molecular complexity index is 376. The van der Waals surface area contributed by atoms with Crippen LogP contribution < -0.4 is 4.74 Å². The molecule has 1 unspecified atom stereocenters. The van der Waals surface area contributed by atoms with Crippen LogP contribution in [0.15, 0.2) is 18.2 Å². The first-order valence-corrected chi connectivity index (χ1v) is 5.04. The zero-order valence-electron chi connectivity index (χ0n) is 9.34. The van der Waals surface area contributed by atoms with Crippen molar-refractivity contribution in [2.24, 2.45) is 0 Å². The van der Waals surface area contributed by atoms with Crippen LogP contribution in [0.5, 0.6) is 5.75 Å². The second-order valence-corrected chi connectivity index (χ2v) is 3.61. The maximum absolute atomic E-state index is 10.9. The van der Waals surface area contributed by atoms with Crippen LogP contribution >= 0.6 is 0 Å². The number of methoxy groups -OCH3 is 1. The fourth-order valence-electron chi connectivity index (χ4n) is 1.51. The number of ether oxygens (including phenoxy) is 1. The molecule has 0 radical (unpaired) electrons. The summed E-state index contributed by atoms with van der Waals surface area (Å²) in [6.45, 7) is 1.66. The molecule has 0 saturated heterocycles. The monoisotopic (exact) mass is 225 g/mol. The number of nitro benzene ring substituents is 1. The SMILES string of the molecule is COc1cccc(CCC(C)O)c1[N+](=O)[O-]. The van der Waals surface area contributed by atoms with Crippen LogP contribution in [0, 0.1) is 10.1 Å². The quantitative estimate of drug-likeness (QED) is 0.613. The highest BCUT2D eigenvalue weighted by molar-refractivity contribution is 5.52. The molecule has 0 fully saturated rings. The highest BCUT2D eigenvalue weighted by Crippen LogP contribution is 2.31. The average Bonchev–Trinajstić information content (AvgIpc) is 2.25. The number of nitrogens with zero attached hydrogens (tertiary/aromatic N) is 1. The van der Waals surface area contributed by atoms with E-state index in [-0.39, 0.29) is 11.4 Å². The highest BCUT2D eigenvalue weighted by atomic mass is 16.6. The van der Waals surface area contributed by atoms with E-state index >= 15 is 0 Å². The summed E-state index contributed by atoms with van der Waals surface area (Å²) in [5.41, 5.74) is 0.580. The van der Waals surface area contributed by atoms with Gasteiger partial charge in [-0.15, -0.1) is 0 Å². The fourth-order valence-corrected chi connectivity index (χ4v) is 1.51. The third kappa shape index (κ3) is 2.93. The lowest BCUT2D eigenvalue weighted by Gasteiger charge is -2.07. The molecule has 16 heavy (non-hydrogen) atoms. The first kappa shape index (κ1) is 12.4. The molecule has 0 aliphatic heterocycles. The van der Waals surface area contributed by atoms with E-state index in [0.29, 0.717) is 18.4 Å². The first-order valence-electron chi connectivity index (χ1n) is 5.04. The summed E-state index contributed by atoms with van der Waals surface area (Å²) in [6.07, 6.45) is 0.491. The van der Waals surface area contributed by atoms with Crippen molar-refractivity contribution in [3.05, 3.63) is 33.9 Å². The summed E-state index contributed by atoms with van der Waals surface area (Å²) in [6, 6.07) is 4.95. The summed E-state index contributed by atoms with van der Waals surface area (Å²) in [7, 11) is 1.40. The lowest BCUT2D eigenvalue weighted by Crippen LogP contribution is -2.04. The van der Waals surface area contributed by atoms with Gasteiger partial charge in [0.05, 0.1) is 18.1 Å². The number of para-hydroxylation sites is 1. The van der Waals surface area contributed by atoms with Crippen molar-refractivity contribution in [1.82, 2.24) is 0 Å². The van der Waals surface area contributed by atoms with Gasteiger partial charge in [0.2, 0.25) is 0 Å². The van der Waals surface area contributed by atoms with E-state index < -0.39 is 11.0 Å². The van der Waals surface area contributed by atoms with Crippen LogP contribution in [0.1, 0.15) is 18.9 Å². The Kier molecular flexibility index (Phi) is 4.25. The predicted molar refractivity (Wildman–Crippen MR) is 59.7 cm³/mol. The number of aliphatic hydroxyl groups is 1. The van der Waals surface area contributed by atoms with Crippen LogP contribution in [-0.4, -0.2) is 23.2 Å². The molecule has 1 N–H and O–H groups in total. The van der Waals surface area contributed by atoms with Crippen molar-refractivity contribution in [1.29, 1.82) is 0 Å². The molecule has 0 spiro atoms. The number of rotatable bonds is 5. The fraction of sp³-hybridized carbons (Fsp3) is 0.455. The van der Waals surface area contributed by atoms with Gasteiger partial charge in [0.15, 0.2) is 5.75 Å². The van der Waals surface area contributed by atoms with E-state index in [0.717, 1.165) is 0 Å². The number of hydrogen-bond donors (Lipinski definition) is 1. The summed E-state index contributed by atoms with van der Waals surface area (Å²) < 4.78 is 4.95. The van der Waals surface area contributed by atoms with Gasteiger partial charge in [0.1, 0.15) is 0 Å². The molecule has 5 heteroatoms. The summed E-state index contributed by atoms with van der Waals surface area (Å²) >= 11 is 0. The number of aryl methyl sites for hydroxylation is 1. The van der Waals surface area contributed by atoms with Crippen LogP contribution in [0.4, 0.5) is 5.69 Å². The Balaban J connectivity index is 3.02. The Labute approximate surface area is 93.8 Å². The zero-order chi connectivity index (χ0) is 12.1. The molecule has 1 rings (SSSR count). The molecule has 0 heterocycles. The molecule has 0 saturated carbocycles. The summed E-state index contributed by atoms with van der Waals surface area (Å²) in [5, 5.41) is 20.1. The molecule has 0 aromatic heterocycles. The lowest BCUT2D eigenvalue weighted by atomic mass is 10.0. The molecule has 0 aliphatic carbocycles. The van der Waals surface area contributed by atoms with Gasteiger partial charge in [-0.3, -0.25) is 10.1 Å². The molecule has 0 aliphatic rings. The maximum atomic E-state index is 10.9. The van der Waals surface area contributed by atoms with Gasteiger partial charge >= 0.3 is 5.69 Å². The lowest BCUT2D eigenvalue weighted by molar-refractivity contribution is -0.386. The van der Waals surface area contributed by atoms with Gasteiger partial charge in [0, 0.05) is 5.56 Å². The molecule has 1 aromatic carbocycles. The molecular formula is C11H15NO4. The summed E-state index contributed by atoms with van der Waals surface area (Å²) in [4.78, 5) is 10.5. The minimum Gasteiger partial charge on any atom is -0.490 e. The van der Waals surface area contributed by atoms with Crippen molar-refractivity contribution < 1.29 is 14.8 Å². The minimum absolute atomic E-state index is 0.00866. The molecule has 0 amide bonds. The normalized spacial score (nSPS) is 12.2. The molecule has 1 atom stereocenters.